The van der Waals surface area contributed by atoms with E-state index < -0.39 is 0 Å². The molecule has 76 valence electrons. The first-order valence-electron chi connectivity index (χ1n) is 4.08. The molecule has 1 fully saturated rings. The molecule has 0 aromatic heterocycles. The molecule has 1 heterocycles. The van der Waals surface area contributed by atoms with Crippen molar-refractivity contribution in [3.05, 3.63) is 29.3 Å². The predicted molar refractivity (Wildman–Crippen MR) is 59.4 cm³/mol. The van der Waals surface area contributed by atoms with Crippen LogP contribution in [0, 0.1) is 0 Å². The van der Waals surface area contributed by atoms with Crippen LogP contribution in [0.1, 0.15) is 0 Å². The molecule has 0 spiro atoms. The Kier molecular flexibility index (Phi) is 3.61. The summed E-state index contributed by atoms with van der Waals surface area (Å²) in [6.07, 6.45) is 0. The molecule has 0 unspecified atom stereocenters. The van der Waals surface area contributed by atoms with Crippen molar-refractivity contribution in [2.24, 2.45) is 0 Å². The Labute approximate surface area is 93.4 Å². The molecule has 0 atom stereocenters. The quantitative estimate of drug-likeness (QED) is 0.792. The second-order valence-electron chi connectivity index (χ2n) is 2.86. The van der Waals surface area contributed by atoms with Crippen molar-refractivity contribution in [3.8, 4) is 0 Å². The van der Waals surface area contributed by atoms with Crippen molar-refractivity contribution in [3.63, 3.8) is 0 Å². The number of nitrogens with zero attached hydrogens (tertiary/aromatic N) is 1. The normalized spacial score (nSPS) is 14.9. The molecule has 3 nitrogen and oxygen atoms in total. The number of halogens is 2. The van der Waals surface area contributed by atoms with Gasteiger partial charge in [-0.3, -0.25) is 4.90 Å². The topological polar surface area (TPSA) is 32.3 Å². The van der Waals surface area contributed by atoms with E-state index in [1.807, 2.05) is 12.1 Å². The van der Waals surface area contributed by atoms with Gasteiger partial charge in [0.1, 0.15) is 0 Å². The van der Waals surface area contributed by atoms with Gasteiger partial charge in [0, 0.05) is 23.8 Å². The molecular weight excluding hydrogens is 223 g/mol. The van der Waals surface area contributed by atoms with Gasteiger partial charge in [-0.2, -0.15) is 0 Å². The first-order chi connectivity index (χ1) is 6.27. The molecule has 0 saturated carbocycles. The summed E-state index contributed by atoms with van der Waals surface area (Å²) in [6.45, 7) is 1.43. The number of amides is 2. The zero-order valence-corrected chi connectivity index (χ0v) is 8.94. The SMILES string of the molecule is Cl.O=C1NCCN1c1ccc(Cl)cc1. The maximum absolute atomic E-state index is 11.2. The number of anilines is 1. The smallest absolute Gasteiger partial charge is 0.321 e. The molecule has 2 rings (SSSR count). The number of benzene rings is 1. The Balaban J connectivity index is 0.000000980. The van der Waals surface area contributed by atoms with Gasteiger partial charge < -0.3 is 5.32 Å². The number of urea groups is 1. The van der Waals surface area contributed by atoms with Gasteiger partial charge >= 0.3 is 6.03 Å². The highest BCUT2D eigenvalue weighted by Crippen LogP contribution is 2.19. The molecule has 14 heavy (non-hydrogen) atoms. The van der Waals surface area contributed by atoms with Crippen molar-refractivity contribution in [1.82, 2.24) is 5.32 Å². The number of rotatable bonds is 1. The van der Waals surface area contributed by atoms with Crippen LogP contribution in [-0.2, 0) is 0 Å². The zero-order valence-electron chi connectivity index (χ0n) is 7.37. The lowest BCUT2D eigenvalue weighted by molar-refractivity contribution is 0.252. The van der Waals surface area contributed by atoms with E-state index in [0.29, 0.717) is 11.6 Å². The van der Waals surface area contributed by atoms with Crippen LogP contribution in [-0.4, -0.2) is 19.1 Å². The third-order valence-corrected chi connectivity index (χ3v) is 2.25. The highest BCUT2D eigenvalue weighted by Gasteiger charge is 2.20. The van der Waals surface area contributed by atoms with E-state index in [0.717, 1.165) is 12.2 Å². The fraction of sp³-hybridized carbons (Fsp3) is 0.222. The zero-order chi connectivity index (χ0) is 9.26. The number of nitrogens with one attached hydrogen (secondary N) is 1. The van der Waals surface area contributed by atoms with E-state index in [1.54, 1.807) is 17.0 Å². The largest absolute Gasteiger partial charge is 0.336 e. The Morgan fingerprint density at radius 2 is 1.93 bits per heavy atom. The summed E-state index contributed by atoms with van der Waals surface area (Å²) in [5.41, 5.74) is 0.888. The highest BCUT2D eigenvalue weighted by atomic mass is 35.5. The average molecular weight is 233 g/mol. The van der Waals surface area contributed by atoms with Crippen molar-refractivity contribution >= 4 is 35.7 Å². The fourth-order valence-electron chi connectivity index (χ4n) is 1.34. The van der Waals surface area contributed by atoms with E-state index in [1.165, 1.54) is 0 Å². The van der Waals surface area contributed by atoms with Crippen LogP contribution in [0.25, 0.3) is 0 Å². The fourth-order valence-corrected chi connectivity index (χ4v) is 1.46. The van der Waals surface area contributed by atoms with Gasteiger partial charge in [-0.25, -0.2) is 4.79 Å². The number of carbonyl (C=O) groups excluding carboxylic acids is 1. The van der Waals surface area contributed by atoms with Crippen LogP contribution >= 0.6 is 24.0 Å². The Morgan fingerprint density at radius 1 is 1.29 bits per heavy atom. The minimum absolute atomic E-state index is 0. The second-order valence-corrected chi connectivity index (χ2v) is 3.30. The molecule has 1 aliphatic heterocycles. The molecule has 2 amide bonds. The lowest BCUT2D eigenvalue weighted by atomic mass is 10.3. The first-order valence-corrected chi connectivity index (χ1v) is 4.46. The predicted octanol–water partition coefficient (Wildman–Crippen LogP) is 2.29. The molecule has 0 bridgehead atoms. The molecular formula is C9H10Cl2N2O. The van der Waals surface area contributed by atoms with Gasteiger partial charge in [-0.1, -0.05) is 11.6 Å². The van der Waals surface area contributed by atoms with E-state index in [-0.39, 0.29) is 18.4 Å². The molecule has 1 aromatic carbocycles. The second kappa shape index (κ2) is 4.53. The maximum atomic E-state index is 11.2. The molecule has 5 heteroatoms. The Morgan fingerprint density at radius 3 is 2.43 bits per heavy atom. The monoisotopic (exact) mass is 232 g/mol. The van der Waals surface area contributed by atoms with Crippen molar-refractivity contribution < 1.29 is 4.79 Å². The van der Waals surface area contributed by atoms with E-state index in [2.05, 4.69) is 5.32 Å². The summed E-state index contributed by atoms with van der Waals surface area (Å²) in [5, 5.41) is 3.42. The molecule has 1 saturated heterocycles. The van der Waals surface area contributed by atoms with Crippen LogP contribution in [0.4, 0.5) is 10.5 Å². The summed E-state index contributed by atoms with van der Waals surface area (Å²) in [5.74, 6) is 0. The van der Waals surface area contributed by atoms with Gasteiger partial charge in [0.05, 0.1) is 0 Å². The highest BCUT2D eigenvalue weighted by molar-refractivity contribution is 6.30. The summed E-state index contributed by atoms with van der Waals surface area (Å²) in [7, 11) is 0. The number of hydrogen-bond donors (Lipinski definition) is 1. The van der Waals surface area contributed by atoms with E-state index in [9.17, 15) is 4.79 Å². The maximum Gasteiger partial charge on any atom is 0.321 e. The summed E-state index contributed by atoms with van der Waals surface area (Å²) in [4.78, 5) is 12.9. The van der Waals surface area contributed by atoms with E-state index >= 15 is 0 Å². The molecule has 1 aromatic rings. The first kappa shape index (κ1) is 11.1. The molecule has 1 aliphatic rings. The minimum Gasteiger partial charge on any atom is -0.336 e. The van der Waals surface area contributed by atoms with Crippen molar-refractivity contribution in [2.75, 3.05) is 18.0 Å². The van der Waals surface area contributed by atoms with Gasteiger partial charge in [-0.05, 0) is 24.3 Å². The van der Waals surface area contributed by atoms with Gasteiger partial charge in [-0.15, -0.1) is 12.4 Å². The third kappa shape index (κ3) is 2.11. The third-order valence-electron chi connectivity index (χ3n) is 2.00. The summed E-state index contributed by atoms with van der Waals surface area (Å²) in [6, 6.07) is 7.20. The minimum atomic E-state index is -0.0395. The number of hydrogen-bond acceptors (Lipinski definition) is 1. The van der Waals surface area contributed by atoms with Crippen LogP contribution in [0.5, 0.6) is 0 Å². The lowest BCUT2D eigenvalue weighted by Gasteiger charge is -2.13. The summed E-state index contributed by atoms with van der Waals surface area (Å²) < 4.78 is 0. The lowest BCUT2D eigenvalue weighted by Crippen LogP contribution is -2.27. The Hall–Kier alpha value is -0.930. The van der Waals surface area contributed by atoms with Crippen LogP contribution in [0.2, 0.25) is 5.02 Å². The molecule has 0 aliphatic carbocycles. The van der Waals surface area contributed by atoms with E-state index in [4.69, 9.17) is 11.6 Å². The molecule has 0 radical (unpaired) electrons. The number of carbonyl (C=O) groups is 1. The van der Waals surface area contributed by atoms with Crippen LogP contribution < -0.4 is 10.2 Å². The standard InChI is InChI=1S/C9H9ClN2O.ClH/c10-7-1-3-8(4-2-7)12-6-5-11-9(12)13;/h1-4H,5-6H2,(H,11,13);1H. The van der Waals surface area contributed by atoms with Gasteiger partial charge in [0.15, 0.2) is 0 Å². The van der Waals surface area contributed by atoms with Gasteiger partial charge in [0.2, 0.25) is 0 Å². The average Bonchev–Trinajstić information content (AvgIpc) is 2.53. The van der Waals surface area contributed by atoms with Crippen molar-refractivity contribution in [1.29, 1.82) is 0 Å². The Bertz CT molecular complexity index is 326. The summed E-state index contributed by atoms with van der Waals surface area (Å²) >= 11 is 5.74. The van der Waals surface area contributed by atoms with Crippen LogP contribution in [0.3, 0.4) is 0 Å². The van der Waals surface area contributed by atoms with Crippen molar-refractivity contribution in [2.45, 2.75) is 0 Å². The molecule has 1 N–H and O–H groups in total. The van der Waals surface area contributed by atoms with Crippen LogP contribution in [0.15, 0.2) is 24.3 Å². The van der Waals surface area contributed by atoms with Gasteiger partial charge in [0.25, 0.3) is 0 Å².